The lowest BCUT2D eigenvalue weighted by molar-refractivity contribution is 0.601. The van der Waals surface area contributed by atoms with Gasteiger partial charge in [-0.3, -0.25) is 9.71 Å². The van der Waals surface area contributed by atoms with Gasteiger partial charge in [0.1, 0.15) is 4.90 Å². The zero-order valence-corrected chi connectivity index (χ0v) is 14.2. The molecule has 2 N–H and O–H groups in total. The van der Waals surface area contributed by atoms with Gasteiger partial charge >= 0.3 is 0 Å². The average Bonchev–Trinajstić information content (AvgIpc) is 2.74. The number of thiophene rings is 1. The third-order valence-electron chi connectivity index (χ3n) is 2.58. The lowest BCUT2D eigenvalue weighted by atomic mass is 10.4. The first-order valence-corrected chi connectivity index (χ1v) is 8.89. The molecule has 2 heterocycles. The van der Waals surface area contributed by atoms with Crippen LogP contribution in [0.4, 0.5) is 5.69 Å². The summed E-state index contributed by atoms with van der Waals surface area (Å²) in [5.41, 5.74) is 0.473. The van der Waals surface area contributed by atoms with Crippen molar-refractivity contribution in [1.82, 2.24) is 10.3 Å². The van der Waals surface area contributed by atoms with Crippen LogP contribution in [0.3, 0.4) is 0 Å². The van der Waals surface area contributed by atoms with E-state index in [1.165, 1.54) is 17.5 Å². The molecule has 0 amide bonds. The van der Waals surface area contributed by atoms with E-state index in [2.05, 4.69) is 31.0 Å². The van der Waals surface area contributed by atoms with Gasteiger partial charge in [0.15, 0.2) is 0 Å². The number of pyridine rings is 1. The molecule has 0 saturated carbocycles. The molecule has 0 aliphatic rings. The highest BCUT2D eigenvalue weighted by Gasteiger charge is 2.20. The van der Waals surface area contributed by atoms with Gasteiger partial charge in [-0.05, 0) is 42.0 Å². The highest BCUT2D eigenvalue weighted by atomic mass is 79.9. The van der Waals surface area contributed by atoms with Crippen LogP contribution in [0.5, 0.6) is 0 Å². The van der Waals surface area contributed by atoms with Crippen molar-refractivity contribution in [2.24, 2.45) is 0 Å². The van der Waals surface area contributed by atoms with E-state index in [0.29, 0.717) is 21.6 Å². The van der Waals surface area contributed by atoms with E-state index in [9.17, 15) is 8.42 Å². The van der Waals surface area contributed by atoms with Crippen LogP contribution in [-0.4, -0.2) is 20.4 Å². The number of nitrogens with zero attached hydrogens (tertiary/aromatic N) is 1. The predicted molar refractivity (Wildman–Crippen MR) is 84.6 cm³/mol. The molecular weight excluding hydrogens is 362 g/mol. The molecule has 0 unspecified atom stereocenters. The Morgan fingerprint density at radius 1 is 1.45 bits per heavy atom. The number of hydrogen-bond donors (Lipinski definition) is 2. The minimum atomic E-state index is -3.59. The van der Waals surface area contributed by atoms with Gasteiger partial charge in [0.05, 0.1) is 10.2 Å². The molecule has 2 aromatic heterocycles. The summed E-state index contributed by atoms with van der Waals surface area (Å²) in [4.78, 5) is 5.98. The Bertz CT molecular complexity index is 713. The topological polar surface area (TPSA) is 71.1 Å². The molecule has 8 heteroatoms. The molecule has 2 rings (SSSR count). The number of rotatable bonds is 5. The lowest BCUT2D eigenvalue weighted by Crippen LogP contribution is -2.13. The monoisotopic (exact) mass is 375 g/mol. The van der Waals surface area contributed by atoms with Crippen molar-refractivity contribution in [2.75, 3.05) is 11.8 Å². The maximum atomic E-state index is 12.4. The van der Waals surface area contributed by atoms with Crippen LogP contribution >= 0.6 is 27.3 Å². The van der Waals surface area contributed by atoms with Gasteiger partial charge in [0, 0.05) is 28.7 Å². The number of aromatic nitrogens is 1. The third kappa shape index (κ3) is 3.38. The summed E-state index contributed by atoms with van der Waals surface area (Å²) >= 11 is 4.75. The average molecular weight is 376 g/mol. The fraction of sp³-hybridized carbons (Fsp3) is 0.250. The molecule has 0 radical (unpaired) electrons. The van der Waals surface area contributed by atoms with Crippen molar-refractivity contribution in [3.63, 3.8) is 0 Å². The summed E-state index contributed by atoms with van der Waals surface area (Å²) in [6, 6.07) is 3.31. The molecule has 0 bridgehead atoms. The van der Waals surface area contributed by atoms with Gasteiger partial charge in [-0.1, -0.05) is 0 Å². The summed E-state index contributed by atoms with van der Waals surface area (Å²) < 4.78 is 28.0. The lowest BCUT2D eigenvalue weighted by Gasteiger charge is -2.08. The number of nitrogens with one attached hydrogen (secondary N) is 2. The maximum Gasteiger partial charge on any atom is 0.263 e. The normalized spacial score (nSPS) is 11.6. The van der Waals surface area contributed by atoms with Crippen LogP contribution in [0.2, 0.25) is 0 Å². The maximum absolute atomic E-state index is 12.4. The van der Waals surface area contributed by atoms with E-state index < -0.39 is 10.0 Å². The second kappa shape index (κ2) is 6.21. The van der Waals surface area contributed by atoms with Crippen molar-refractivity contribution < 1.29 is 8.42 Å². The zero-order chi connectivity index (χ0) is 14.8. The standard InChI is InChI=1S/C12H14BrN3O2S2/c1-8-12(5-9(19-8)6-14-2)20(17,18)16-11-3-4-15-7-10(11)13/h3-5,7,14H,6H2,1-2H3,(H,15,16). The SMILES string of the molecule is CNCc1cc(S(=O)(=O)Nc2ccncc2Br)c(C)s1. The summed E-state index contributed by atoms with van der Waals surface area (Å²) in [6.07, 6.45) is 3.08. The summed E-state index contributed by atoms with van der Waals surface area (Å²) in [7, 11) is -1.76. The molecule has 0 atom stereocenters. The number of sulfonamides is 1. The first-order chi connectivity index (χ1) is 9.44. The molecule has 0 aliphatic carbocycles. The Morgan fingerprint density at radius 2 is 2.20 bits per heavy atom. The van der Waals surface area contributed by atoms with Crippen LogP contribution in [0, 0.1) is 6.92 Å². The third-order valence-corrected chi connectivity index (χ3v) is 5.88. The quantitative estimate of drug-likeness (QED) is 0.842. The van der Waals surface area contributed by atoms with E-state index in [0.717, 1.165) is 9.75 Å². The van der Waals surface area contributed by atoms with Crippen LogP contribution in [-0.2, 0) is 16.6 Å². The Morgan fingerprint density at radius 3 is 2.85 bits per heavy atom. The van der Waals surface area contributed by atoms with E-state index in [-0.39, 0.29) is 0 Å². The van der Waals surface area contributed by atoms with Gasteiger partial charge in [0.2, 0.25) is 0 Å². The Balaban J connectivity index is 2.33. The number of anilines is 1. The molecular formula is C12H14BrN3O2S2. The Hall–Kier alpha value is -0.960. The number of halogens is 1. The second-order valence-electron chi connectivity index (χ2n) is 4.12. The van der Waals surface area contributed by atoms with Crippen molar-refractivity contribution in [1.29, 1.82) is 0 Å². The zero-order valence-electron chi connectivity index (χ0n) is 11.0. The van der Waals surface area contributed by atoms with E-state index in [1.54, 1.807) is 25.3 Å². The van der Waals surface area contributed by atoms with Gasteiger partial charge in [-0.25, -0.2) is 8.42 Å². The Labute approximate surface area is 130 Å². The highest BCUT2D eigenvalue weighted by Crippen LogP contribution is 2.29. The molecule has 2 aromatic rings. The molecule has 5 nitrogen and oxygen atoms in total. The Kier molecular flexibility index (Phi) is 4.79. The van der Waals surface area contributed by atoms with E-state index in [1.807, 2.05) is 7.05 Å². The van der Waals surface area contributed by atoms with Crippen LogP contribution in [0.1, 0.15) is 9.75 Å². The first-order valence-electron chi connectivity index (χ1n) is 5.80. The van der Waals surface area contributed by atoms with Crippen molar-refractivity contribution in [3.05, 3.63) is 38.8 Å². The van der Waals surface area contributed by atoms with Gasteiger partial charge in [-0.2, -0.15) is 0 Å². The summed E-state index contributed by atoms with van der Waals surface area (Å²) in [5.74, 6) is 0. The fourth-order valence-electron chi connectivity index (χ4n) is 1.71. The number of aryl methyl sites for hydroxylation is 1. The molecule has 0 aromatic carbocycles. The van der Waals surface area contributed by atoms with Crippen molar-refractivity contribution in [3.8, 4) is 0 Å². The van der Waals surface area contributed by atoms with Crippen LogP contribution < -0.4 is 10.0 Å². The minimum Gasteiger partial charge on any atom is -0.315 e. The number of hydrogen-bond acceptors (Lipinski definition) is 5. The largest absolute Gasteiger partial charge is 0.315 e. The van der Waals surface area contributed by atoms with E-state index in [4.69, 9.17) is 0 Å². The minimum absolute atomic E-state index is 0.316. The van der Waals surface area contributed by atoms with Gasteiger partial charge in [0.25, 0.3) is 10.0 Å². The molecule has 108 valence electrons. The molecule has 20 heavy (non-hydrogen) atoms. The molecule has 0 spiro atoms. The molecule has 0 saturated heterocycles. The van der Waals surface area contributed by atoms with Gasteiger partial charge in [-0.15, -0.1) is 11.3 Å². The van der Waals surface area contributed by atoms with Crippen LogP contribution in [0.15, 0.2) is 33.9 Å². The highest BCUT2D eigenvalue weighted by molar-refractivity contribution is 9.10. The molecule has 0 aliphatic heterocycles. The summed E-state index contributed by atoms with van der Waals surface area (Å²) in [6.45, 7) is 2.46. The first kappa shape index (κ1) is 15.4. The van der Waals surface area contributed by atoms with Gasteiger partial charge < -0.3 is 5.32 Å². The smallest absolute Gasteiger partial charge is 0.263 e. The fourth-order valence-corrected chi connectivity index (χ4v) is 4.92. The second-order valence-corrected chi connectivity index (χ2v) is 7.97. The molecule has 0 fully saturated rings. The van der Waals surface area contributed by atoms with Crippen molar-refractivity contribution >= 4 is 43.0 Å². The van der Waals surface area contributed by atoms with Crippen molar-refractivity contribution in [2.45, 2.75) is 18.4 Å². The van der Waals surface area contributed by atoms with Crippen LogP contribution in [0.25, 0.3) is 0 Å². The van der Waals surface area contributed by atoms with E-state index >= 15 is 0 Å². The predicted octanol–water partition coefficient (Wildman–Crippen LogP) is 2.73. The summed E-state index contributed by atoms with van der Waals surface area (Å²) in [5, 5.41) is 3.01.